The predicted octanol–water partition coefficient (Wildman–Crippen LogP) is -3.05. The molecule has 3 aromatic heterocycles. The van der Waals surface area contributed by atoms with E-state index in [9.17, 15) is 48.2 Å². The van der Waals surface area contributed by atoms with Crippen molar-refractivity contribution >= 4 is 54.1 Å². The smallest absolute Gasteiger partial charge is 0.394 e. The molecule has 0 bridgehead atoms. The SMILES string of the molecule is Nc1ccn([C@H]2C[C@H](O)[C@@H](COP(=O)(O)OP(=O)(O)OP(=O)(O)OP(=O)(O)O)O2)c(=O)n1.Nc1ncnc2c1ncn2[C@@H]1O[C@H](CO)[C@@H](O)[C@H]1O. The summed E-state index contributed by atoms with van der Waals surface area (Å²) in [6, 6.07) is 1.27. The summed E-state index contributed by atoms with van der Waals surface area (Å²) in [5.74, 6) is 0.146. The Morgan fingerprint density at radius 2 is 1.51 bits per heavy atom. The van der Waals surface area contributed by atoms with Crippen LogP contribution in [0.15, 0.2) is 29.7 Å². The fraction of sp³-hybridized carbons (Fsp3) is 0.526. The van der Waals surface area contributed by atoms with Gasteiger partial charge in [-0.1, -0.05) is 0 Å². The summed E-state index contributed by atoms with van der Waals surface area (Å²) in [7, 11) is -23.1. The van der Waals surface area contributed by atoms with E-state index in [1.165, 1.54) is 29.5 Å². The van der Waals surface area contributed by atoms with E-state index in [0.29, 0.717) is 11.2 Å². The molecular weight excluding hydrogens is 784 g/mol. The number of aliphatic hydroxyl groups is 4. The molecule has 3 aromatic rings. The molecule has 0 radical (unpaired) electrons. The van der Waals surface area contributed by atoms with E-state index in [2.05, 4.69) is 37.4 Å². The molecule has 2 saturated heterocycles. The molecule has 2 fully saturated rings. The van der Waals surface area contributed by atoms with E-state index in [-0.39, 0.29) is 18.1 Å². The van der Waals surface area contributed by atoms with Gasteiger partial charge < -0.3 is 65.8 Å². The lowest BCUT2D eigenvalue weighted by Gasteiger charge is -2.20. The van der Waals surface area contributed by atoms with Crippen LogP contribution in [0.2, 0.25) is 0 Å². The molecule has 0 saturated carbocycles. The first-order valence-electron chi connectivity index (χ1n) is 13.6. The van der Waals surface area contributed by atoms with Crippen LogP contribution in [0.1, 0.15) is 18.9 Å². The van der Waals surface area contributed by atoms with Crippen molar-refractivity contribution in [3.8, 4) is 0 Å². The summed E-state index contributed by atoms with van der Waals surface area (Å²) in [6.45, 7) is -1.34. The second-order valence-corrected chi connectivity index (χ2v) is 16.2. The first-order chi connectivity index (χ1) is 23.5. The zero-order chi connectivity index (χ0) is 38.1. The maximum Gasteiger partial charge on any atom is 0.490 e. The number of hydrogen-bond acceptors (Lipinski definition) is 21. The molecule has 28 nitrogen and oxygen atoms in total. The molecule has 13 N–H and O–H groups in total. The van der Waals surface area contributed by atoms with Gasteiger partial charge in [-0.2, -0.15) is 17.9 Å². The number of phosphoric ester groups is 1. The number of aliphatic hydroxyl groups excluding tert-OH is 4. The van der Waals surface area contributed by atoms with Crippen LogP contribution in [-0.4, -0.2) is 118 Å². The van der Waals surface area contributed by atoms with Gasteiger partial charge in [-0.05, 0) is 6.07 Å². The summed E-state index contributed by atoms with van der Waals surface area (Å²) in [4.78, 5) is 71.8. The summed E-state index contributed by atoms with van der Waals surface area (Å²) in [6.07, 6.45) is -4.17. The maximum absolute atomic E-state index is 11.8. The number of imidazole rings is 1. The van der Waals surface area contributed by atoms with Crippen molar-refractivity contribution in [3.63, 3.8) is 0 Å². The molecule has 5 heterocycles. The monoisotopic (exact) mass is 814 g/mol. The molecule has 0 amide bonds. The lowest BCUT2D eigenvalue weighted by Crippen LogP contribution is -2.33. The number of rotatable bonds is 12. The summed E-state index contributed by atoms with van der Waals surface area (Å²) >= 11 is 0. The molecule has 5 rings (SSSR count). The van der Waals surface area contributed by atoms with E-state index >= 15 is 0 Å². The third-order valence-corrected chi connectivity index (χ3v) is 12.0. The van der Waals surface area contributed by atoms with Gasteiger partial charge in [0.15, 0.2) is 17.7 Å². The second-order valence-electron chi connectivity index (χ2n) is 10.2. The van der Waals surface area contributed by atoms with Crippen LogP contribution in [0.25, 0.3) is 11.2 Å². The van der Waals surface area contributed by atoms with Crippen molar-refractivity contribution in [2.24, 2.45) is 0 Å². The van der Waals surface area contributed by atoms with Gasteiger partial charge in [0.1, 0.15) is 48.3 Å². The summed E-state index contributed by atoms with van der Waals surface area (Å²) in [5, 5.41) is 38.7. The van der Waals surface area contributed by atoms with Gasteiger partial charge in [0.2, 0.25) is 0 Å². The Bertz CT molecular complexity index is 1960. The van der Waals surface area contributed by atoms with Crippen LogP contribution in [0.3, 0.4) is 0 Å². The van der Waals surface area contributed by atoms with Gasteiger partial charge in [-0.3, -0.25) is 13.7 Å². The van der Waals surface area contributed by atoms with Crippen molar-refractivity contribution in [3.05, 3.63) is 35.4 Å². The topological polar surface area (TPSA) is 436 Å². The molecule has 51 heavy (non-hydrogen) atoms. The van der Waals surface area contributed by atoms with Gasteiger partial charge in [0, 0.05) is 12.6 Å². The molecule has 0 aromatic carbocycles. The van der Waals surface area contributed by atoms with E-state index in [0.717, 1.165) is 4.57 Å². The second kappa shape index (κ2) is 15.8. The highest BCUT2D eigenvalue weighted by Crippen LogP contribution is 2.70. The van der Waals surface area contributed by atoms with Crippen molar-refractivity contribution in [1.82, 2.24) is 29.1 Å². The number of nitrogen functional groups attached to an aromatic ring is 2. The third kappa shape index (κ3) is 10.7. The van der Waals surface area contributed by atoms with Gasteiger partial charge in [0.05, 0.1) is 25.6 Å². The van der Waals surface area contributed by atoms with E-state index < -0.39 is 93.2 Å². The van der Waals surface area contributed by atoms with Crippen LogP contribution < -0.4 is 17.2 Å². The Balaban J connectivity index is 0.000000258. The molecule has 3 unspecified atom stereocenters. The molecule has 32 heteroatoms. The first kappa shape index (κ1) is 41.1. The van der Waals surface area contributed by atoms with E-state index in [1.807, 2.05) is 0 Å². The van der Waals surface area contributed by atoms with Crippen LogP contribution in [-0.2, 0) is 45.2 Å². The highest BCUT2D eigenvalue weighted by molar-refractivity contribution is 7.69. The highest BCUT2D eigenvalue weighted by atomic mass is 31.3. The van der Waals surface area contributed by atoms with Crippen LogP contribution in [0, 0.1) is 0 Å². The largest absolute Gasteiger partial charge is 0.490 e. The van der Waals surface area contributed by atoms with Crippen LogP contribution in [0.4, 0.5) is 11.6 Å². The predicted molar refractivity (Wildman–Crippen MR) is 161 cm³/mol. The van der Waals surface area contributed by atoms with Crippen molar-refractivity contribution < 1.29 is 90.1 Å². The molecule has 10 atom stereocenters. The van der Waals surface area contributed by atoms with E-state index in [4.69, 9.17) is 40.7 Å². The number of fused-ring (bicyclic) bond motifs is 1. The molecule has 0 spiro atoms. The number of nitrogens with two attached hydrogens (primary N) is 2. The number of nitrogens with zero attached hydrogens (tertiary/aromatic N) is 6. The van der Waals surface area contributed by atoms with E-state index in [1.54, 1.807) is 0 Å². The lowest BCUT2D eigenvalue weighted by molar-refractivity contribution is -0.0511. The molecular formula is C19H30N8O20P4. The molecule has 2 aliphatic heterocycles. The zero-order valence-corrected chi connectivity index (χ0v) is 28.7. The molecule has 286 valence electrons. The van der Waals surface area contributed by atoms with Crippen molar-refractivity contribution in [2.75, 3.05) is 24.7 Å². The van der Waals surface area contributed by atoms with Gasteiger partial charge in [-0.25, -0.2) is 38.0 Å². The molecule has 2 aliphatic rings. The minimum atomic E-state index is -5.96. The number of anilines is 2. The standard InChI is InChI=1S/C10H13N5O4.C9H17N3O16P4/c11-8-5-9(13-2-12-8)15(3-14-5)10-7(18)6(17)4(1-16)19-10;10-7-1-2-12(9(14)11-7)8-3-5(13)6(25-8)4-24-30(18,19)27-32(22,23)28-31(20,21)26-29(15,16)17/h2-4,6-7,10,16-18H,1H2,(H2,11,12,13);1-2,5-6,8,13H,3-4H2,(H,18,19)(H,20,21)(H,22,23)(H2,10,11,14)(H2,15,16,17)/t4-,6-,7-,10-;5-,6+,8+/m10/s1. The maximum atomic E-state index is 11.8. The Labute approximate surface area is 282 Å². The fourth-order valence-corrected chi connectivity index (χ4v) is 8.92. The van der Waals surface area contributed by atoms with Gasteiger partial charge in [-0.15, -0.1) is 0 Å². The average molecular weight is 814 g/mol. The Kier molecular flexibility index (Phi) is 12.7. The average Bonchev–Trinajstić information content (AvgIpc) is 3.65. The minimum Gasteiger partial charge on any atom is -0.394 e. The van der Waals surface area contributed by atoms with Gasteiger partial charge in [0.25, 0.3) is 0 Å². The van der Waals surface area contributed by atoms with Crippen molar-refractivity contribution in [2.45, 2.75) is 49.4 Å². The highest BCUT2D eigenvalue weighted by Gasteiger charge is 2.46. The number of ether oxygens (including phenoxy) is 2. The summed E-state index contributed by atoms with van der Waals surface area (Å²) in [5.41, 5.74) is 11.0. The third-order valence-electron chi connectivity index (χ3n) is 6.57. The van der Waals surface area contributed by atoms with Gasteiger partial charge >= 0.3 is 37.0 Å². The lowest BCUT2D eigenvalue weighted by atomic mass is 10.1. The number of phosphoric acid groups is 4. The summed E-state index contributed by atoms with van der Waals surface area (Å²) < 4.78 is 73.1. The fourth-order valence-electron chi connectivity index (χ4n) is 4.46. The number of aromatic nitrogens is 6. The first-order valence-corrected chi connectivity index (χ1v) is 19.6. The zero-order valence-electron chi connectivity index (χ0n) is 25.1. The van der Waals surface area contributed by atoms with Crippen LogP contribution >= 0.6 is 31.3 Å². The Morgan fingerprint density at radius 3 is 2.12 bits per heavy atom. The normalized spacial score (nSPS) is 28.8. The Morgan fingerprint density at radius 1 is 0.863 bits per heavy atom. The quantitative estimate of drug-likeness (QED) is 0.0809. The Hall–Kier alpha value is -2.65. The van der Waals surface area contributed by atoms with Crippen LogP contribution in [0.5, 0.6) is 0 Å². The minimum absolute atomic E-state index is 0.0719. The van der Waals surface area contributed by atoms with Crippen molar-refractivity contribution in [1.29, 1.82) is 0 Å². The number of hydrogen-bond donors (Lipinski definition) is 11. The molecule has 0 aliphatic carbocycles.